The third kappa shape index (κ3) is 5.33. The number of aromatic nitrogens is 5. The predicted molar refractivity (Wildman–Crippen MR) is 120 cm³/mol. The van der Waals surface area contributed by atoms with E-state index >= 15 is 0 Å². The zero-order valence-electron chi connectivity index (χ0n) is 17.5. The van der Waals surface area contributed by atoms with Crippen molar-refractivity contribution in [3.63, 3.8) is 0 Å². The number of nitrogens with zero attached hydrogens (tertiary/aromatic N) is 5. The Morgan fingerprint density at radius 1 is 0.968 bits per heavy atom. The second kappa shape index (κ2) is 9.21. The van der Waals surface area contributed by atoms with E-state index in [1.54, 1.807) is 12.5 Å². The summed E-state index contributed by atoms with van der Waals surface area (Å²) in [5.74, 6) is 2.62. The lowest BCUT2D eigenvalue weighted by molar-refractivity contribution is -0.121. The lowest BCUT2D eigenvalue weighted by atomic mass is 10.3. The molecule has 0 saturated carbocycles. The summed E-state index contributed by atoms with van der Waals surface area (Å²) in [7, 11) is 0. The van der Waals surface area contributed by atoms with Gasteiger partial charge >= 0.3 is 0 Å². The third-order valence-corrected chi connectivity index (χ3v) is 4.60. The maximum atomic E-state index is 12.3. The highest BCUT2D eigenvalue weighted by Crippen LogP contribution is 2.16. The van der Waals surface area contributed by atoms with E-state index in [0.717, 1.165) is 22.4 Å². The van der Waals surface area contributed by atoms with Crippen molar-refractivity contribution in [3.8, 4) is 0 Å². The van der Waals surface area contributed by atoms with E-state index in [9.17, 15) is 4.79 Å². The number of carbonyl (C=O) groups excluding carboxylic acids is 1. The van der Waals surface area contributed by atoms with Gasteiger partial charge < -0.3 is 20.5 Å². The molecule has 0 spiro atoms. The summed E-state index contributed by atoms with van der Waals surface area (Å²) in [5.41, 5.74) is 2.93. The number of benzene rings is 1. The minimum absolute atomic E-state index is 0.0725. The van der Waals surface area contributed by atoms with Gasteiger partial charge in [-0.1, -0.05) is 12.1 Å². The van der Waals surface area contributed by atoms with Crippen molar-refractivity contribution in [2.45, 2.75) is 20.4 Å². The van der Waals surface area contributed by atoms with Crippen molar-refractivity contribution in [1.29, 1.82) is 0 Å². The molecule has 0 atom stereocenters. The second-order valence-electron chi connectivity index (χ2n) is 7.17. The molecule has 9 heteroatoms. The molecule has 31 heavy (non-hydrogen) atoms. The SMILES string of the molecule is Cc1ccnc(Nc2cc(NCCNC(=O)Cn3cnc4ccccc43)nc(C)n2)c1. The monoisotopic (exact) mass is 416 g/mol. The Bertz CT molecular complexity index is 1200. The predicted octanol–water partition coefficient (Wildman–Crippen LogP) is 2.81. The van der Waals surface area contributed by atoms with E-state index in [2.05, 4.69) is 35.9 Å². The molecule has 9 nitrogen and oxygen atoms in total. The smallest absolute Gasteiger partial charge is 0.240 e. The van der Waals surface area contributed by atoms with E-state index in [1.807, 2.05) is 60.9 Å². The maximum Gasteiger partial charge on any atom is 0.240 e. The molecule has 0 aliphatic heterocycles. The normalized spacial score (nSPS) is 10.8. The Kier molecular flexibility index (Phi) is 6.02. The number of imidazole rings is 1. The van der Waals surface area contributed by atoms with Gasteiger partial charge in [0, 0.05) is 25.4 Å². The number of para-hydroxylation sites is 2. The number of fused-ring (bicyclic) bond motifs is 1. The molecule has 0 bridgehead atoms. The number of anilines is 3. The summed E-state index contributed by atoms with van der Waals surface area (Å²) < 4.78 is 1.84. The number of rotatable bonds is 8. The van der Waals surface area contributed by atoms with Gasteiger partial charge in [0.2, 0.25) is 5.91 Å². The molecule has 1 amide bonds. The highest BCUT2D eigenvalue weighted by molar-refractivity contribution is 5.80. The lowest BCUT2D eigenvalue weighted by Gasteiger charge is -2.11. The number of nitrogens with one attached hydrogen (secondary N) is 3. The second-order valence-corrected chi connectivity index (χ2v) is 7.17. The Hall–Kier alpha value is -4.01. The van der Waals surface area contributed by atoms with E-state index in [1.165, 1.54) is 0 Å². The standard InChI is InChI=1S/C22H24N8O/c1-15-7-8-23-19(11-15)29-21-12-20(27-16(2)28-21)24-9-10-25-22(31)13-30-14-26-17-5-3-4-6-18(17)30/h3-8,11-12,14H,9-10,13H2,1-2H3,(H,25,31)(H2,23,24,27,28,29). The molecule has 0 saturated heterocycles. The minimum atomic E-state index is -0.0725. The molecule has 0 fully saturated rings. The van der Waals surface area contributed by atoms with Crippen molar-refractivity contribution in [3.05, 3.63) is 66.4 Å². The van der Waals surface area contributed by atoms with Gasteiger partial charge in [0.1, 0.15) is 29.8 Å². The van der Waals surface area contributed by atoms with Crippen molar-refractivity contribution in [2.75, 3.05) is 23.7 Å². The molecule has 3 aromatic heterocycles. The first kappa shape index (κ1) is 20.3. The largest absolute Gasteiger partial charge is 0.368 e. The van der Waals surface area contributed by atoms with Crippen LogP contribution in [0.15, 0.2) is 55.0 Å². The maximum absolute atomic E-state index is 12.3. The van der Waals surface area contributed by atoms with Crippen LogP contribution in [0.5, 0.6) is 0 Å². The van der Waals surface area contributed by atoms with Crippen molar-refractivity contribution in [2.24, 2.45) is 0 Å². The summed E-state index contributed by atoms with van der Waals surface area (Å²) in [6.07, 6.45) is 3.43. The van der Waals surface area contributed by atoms with Gasteiger partial charge in [-0.3, -0.25) is 4.79 Å². The van der Waals surface area contributed by atoms with Gasteiger partial charge in [0.25, 0.3) is 0 Å². The molecule has 158 valence electrons. The molecule has 0 unspecified atom stereocenters. The van der Waals surface area contributed by atoms with E-state index < -0.39 is 0 Å². The van der Waals surface area contributed by atoms with Crippen LogP contribution in [0.1, 0.15) is 11.4 Å². The van der Waals surface area contributed by atoms with Crippen LogP contribution in [0, 0.1) is 13.8 Å². The van der Waals surface area contributed by atoms with Gasteiger partial charge in [0.15, 0.2) is 0 Å². The average molecular weight is 416 g/mol. The van der Waals surface area contributed by atoms with Gasteiger partial charge in [-0.15, -0.1) is 0 Å². The first-order valence-electron chi connectivity index (χ1n) is 10.0. The quantitative estimate of drug-likeness (QED) is 0.379. The number of aryl methyl sites for hydroxylation is 2. The zero-order valence-corrected chi connectivity index (χ0v) is 17.5. The van der Waals surface area contributed by atoms with Crippen molar-refractivity contribution in [1.82, 2.24) is 29.8 Å². The number of carbonyl (C=O) groups is 1. The van der Waals surface area contributed by atoms with Crippen molar-refractivity contribution >= 4 is 34.4 Å². The summed E-state index contributed by atoms with van der Waals surface area (Å²) >= 11 is 0. The zero-order chi connectivity index (χ0) is 21.6. The summed E-state index contributed by atoms with van der Waals surface area (Å²) in [6, 6.07) is 13.4. The molecule has 0 aliphatic rings. The fraction of sp³-hybridized carbons (Fsp3) is 0.227. The van der Waals surface area contributed by atoms with Crippen LogP contribution in [0.25, 0.3) is 11.0 Å². The number of pyridine rings is 1. The Morgan fingerprint density at radius 3 is 2.68 bits per heavy atom. The van der Waals surface area contributed by atoms with Crippen LogP contribution in [0.3, 0.4) is 0 Å². The number of hydrogen-bond acceptors (Lipinski definition) is 7. The van der Waals surface area contributed by atoms with Crippen LogP contribution in [-0.4, -0.2) is 43.5 Å². The molecular weight excluding hydrogens is 392 g/mol. The summed E-state index contributed by atoms with van der Waals surface area (Å²) in [6.45, 7) is 5.07. The van der Waals surface area contributed by atoms with E-state index in [-0.39, 0.29) is 12.5 Å². The Morgan fingerprint density at radius 2 is 1.81 bits per heavy atom. The average Bonchev–Trinajstić information content (AvgIpc) is 3.14. The first-order chi connectivity index (χ1) is 15.1. The molecule has 0 radical (unpaired) electrons. The molecule has 1 aromatic carbocycles. The highest BCUT2D eigenvalue weighted by atomic mass is 16.1. The van der Waals surface area contributed by atoms with Crippen LogP contribution < -0.4 is 16.0 Å². The molecule has 4 rings (SSSR count). The van der Waals surface area contributed by atoms with Gasteiger partial charge in [-0.05, 0) is 43.7 Å². The minimum Gasteiger partial charge on any atom is -0.368 e. The van der Waals surface area contributed by atoms with Crippen LogP contribution in [0.2, 0.25) is 0 Å². The fourth-order valence-electron chi connectivity index (χ4n) is 3.20. The highest BCUT2D eigenvalue weighted by Gasteiger charge is 2.07. The summed E-state index contributed by atoms with van der Waals surface area (Å²) in [5, 5.41) is 9.33. The molecule has 3 N–H and O–H groups in total. The number of hydrogen-bond donors (Lipinski definition) is 3. The topological polar surface area (TPSA) is 110 Å². The third-order valence-electron chi connectivity index (χ3n) is 4.60. The van der Waals surface area contributed by atoms with Crippen LogP contribution in [0.4, 0.5) is 17.5 Å². The number of amides is 1. The van der Waals surface area contributed by atoms with Crippen LogP contribution in [-0.2, 0) is 11.3 Å². The molecule has 0 aliphatic carbocycles. The fourth-order valence-corrected chi connectivity index (χ4v) is 3.20. The van der Waals surface area contributed by atoms with Crippen molar-refractivity contribution < 1.29 is 4.79 Å². The van der Waals surface area contributed by atoms with Gasteiger partial charge in [0.05, 0.1) is 17.4 Å². The molecule has 3 heterocycles. The van der Waals surface area contributed by atoms with Gasteiger partial charge in [-0.2, -0.15) is 0 Å². The summed E-state index contributed by atoms with van der Waals surface area (Å²) in [4.78, 5) is 29.7. The Balaban J connectivity index is 1.28. The van der Waals surface area contributed by atoms with E-state index in [4.69, 9.17) is 0 Å². The van der Waals surface area contributed by atoms with E-state index in [0.29, 0.717) is 30.5 Å². The molecule has 4 aromatic rings. The van der Waals surface area contributed by atoms with Crippen LogP contribution >= 0.6 is 0 Å². The first-order valence-corrected chi connectivity index (χ1v) is 10.0. The lowest BCUT2D eigenvalue weighted by Crippen LogP contribution is -2.31. The molecular formula is C22H24N8O. The Labute approximate surface area is 180 Å². The van der Waals surface area contributed by atoms with Gasteiger partial charge in [-0.25, -0.2) is 19.9 Å².